The summed E-state index contributed by atoms with van der Waals surface area (Å²) in [6.45, 7) is 8.51. The van der Waals surface area contributed by atoms with Crippen molar-refractivity contribution in [1.82, 2.24) is 0 Å². The van der Waals surface area contributed by atoms with E-state index in [0.717, 1.165) is 6.42 Å². The first kappa shape index (κ1) is 7.80. The third-order valence-corrected chi connectivity index (χ3v) is 1.90. The summed E-state index contributed by atoms with van der Waals surface area (Å²) in [6, 6.07) is 0. The van der Waals surface area contributed by atoms with Crippen LogP contribution in [0.2, 0.25) is 0 Å². The van der Waals surface area contributed by atoms with E-state index in [0.29, 0.717) is 6.10 Å². The van der Waals surface area contributed by atoms with Gasteiger partial charge in [-0.3, -0.25) is 0 Å². The maximum Gasteiger partial charge on any atom is 0.0902 e. The Morgan fingerprint density at radius 3 is 2.30 bits per heavy atom. The molecule has 58 valence electrons. The fraction of sp³-hybridized carbons (Fsp3) is 0.778. The fourth-order valence-electron chi connectivity index (χ4n) is 1.01. The number of hydrogen-bond donors (Lipinski definition) is 0. The average Bonchev–Trinajstić information content (AvgIpc) is 2.35. The van der Waals surface area contributed by atoms with Crippen molar-refractivity contribution in [2.24, 2.45) is 0 Å². The monoisotopic (exact) mass is 140 g/mol. The molecule has 0 aromatic rings. The first-order valence-corrected chi connectivity index (χ1v) is 3.83. The molecule has 1 unspecified atom stereocenters. The van der Waals surface area contributed by atoms with Crippen molar-refractivity contribution >= 4 is 0 Å². The molecule has 0 amide bonds. The van der Waals surface area contributed by atoms with Crippen LogP contribution in [0.3, 0.4) is 0 Å². The van der Waals surface area contributed by atoms with Crippen molar-refractivity contribution in [3.05, 3.63) is 11.6 Å². The zero-order valence-electron chi connectivity index (χ0n) is 7.27. The molecule has 1 saturated heterocycles. The molecule has 0 aliphatic carbocycles. The maximum atomic E-state index is 5.41. The number of allylic oxidation sites excluding steroid dienone is 1. The van der Waals surface area contributed by atoms with E-state index in [1.807, 2.05) is 0 Å². The van der Waals surface area contributed by atoms with Crippen LogP contribution in [0.1, 0.15) is 34.1 Å². The molecular weight excluding hydrogens is 124 g/mol. The van der Waals surface area contributed by atoms with Gasteiger partial charge < -0.3 is 4.74 Å². The predicted molar refractivity (Wildman–Crippen MR) is 43.0 cm³/mol. The molecule has 1 atom stereocenters. The Bertz CT molecular complexity index is 152. The summed E-state index contributed by atoms with van der Waals surface area (Å²) in [6.07, 6.45) is 3.79. The Balaban J connectivity index is 2.25. The van der Waals surface area contributed by atoms with Gasteiger partial charge in [-0.1, -0.05) is 11.6 Å². The summed E-state index contributed by atoms with van der Waals surface area (Å²) in [4.78, 5) is 0. The Kier molecular flexibility index (Phi) is 1.86. The third-order valence-electron chi connectivity index (χ3n) is 1.90. The molecule has 1 heteroatoms. The van der Waals surface area contributed by atoms with Gasteiger partial charge in [0.25, 0.3) is 0 Å². The van der Waals surface area contributed by atoms with Gasteiger partial charge in [-0.05, 0) is 34.1 Å². The molecule has 0 radical (unpaired) electrons. The van der Waals surface area contributed by atoms with Crippen LogP contribution in [0.4, 0.5) is 0 Å². The van der Waals surface area contributed by atoms with Crippen molar-refractivity contribution in [3.8, 4) is 0 Å². The highest BCUT2D eigenvalue weighted by Gasteiger charge is 2.46. The molecular formula is C9H16O. The summed E-state index contributed by atoms with van der Waals surface area (Å²) >= 11 is 0. The van der Waals surface area contributed by atoms with Crippen LogP contribution >= 0.6 is 0 Å². The smallest absolute Gasteiger partial charge is 0.0902 e. The zero-order chi connectivity index (χ0) is 7.78. The lowest BCUT2D eigenvalue weighted by Crippen LogP contribution is -2.01. The van der Waals surface area contributed by atoms with Gasteiger partial charge in [0.1, 0.15) is 0 Å². The number of ether oxygens (including phenoxy) is 1. The first-order valence-electron chi connectivity index (χ1n) is 3.83. The molecule has 1 fully saturated rings. The van der Waals surface area contributed by atoms with Crippen LogP contribution in [0.25, 0.3) is 0 Å². The number of hydrogen-bond acceptors (Lipinski definition) is 1. The van der Waals surface area contributed by atoms with E-state index in [1.165, 1.54) is 5.57 Å². The van der Waals surface area contributed by atoms with Gasteiger partial charge in [-0.2, -0.15) is 0 Å². The molecule has 0 bridgehead atoms. The van der Waals surface area contributed by atoms with Gasteiger partial charge in [0, 0.05) is 0 Å². The standard InChI is InChI=1S/C9H16O/c1-7(2)5-6-8-9(3,4)10-8/h5,8H,6H2,1-4H3. The topological polar surface area (TPSA) is 12.5 Å². The minimum absolute atomic E-state index is 0.159. The van der Waals surface area contributed by atoms with E-state index in [4.69, 9.17) is 4.74 Å². The maximum absolute atomic E-state index is 5.41. The second-order valence-electron chi connectivity index (χ2n) is 3.73. The highest BCUT2D eigenvalue weighted by atomic mass is 16.6. The van der Waals surface area contributed by atoms with Gasteiger partial charge in [0.05, 0.1) is 11.7 Å². The molecule has 0 saturated carbocycles. The van der Waals surface area contributed by atoms with E-state index >= 15 is 0 Å². The molecule has 0 N–H and O–H groups in total. The van der Waals surface area contributed by atoms with Gasteiger partial charge in [-0.15, -0.1) is 0 Å². The van der Waals surface area contributed by atoms with Gasteiger partial charge >= 0.3 is 0 Å². The molecule has 10 heavy (non-hydrogen) atoms. The van der Waals surface area contributed by atoms with Gasteiger partial charge in [-0.25, -0.2) is 0 Å². The van der Waals surface area contributed by atoms with E-state index in [2.05, 4.69) is 33.8 Å². The van der Waals surface area contributed by atoms with Gasteiger partial charge in [0.2, 0.25) is 0 Å². The molecule has 1 rings (SSSR count). The Morgan fingerprint density at radius 2 is 2.00 bits per heavy atom. The van der Waals surface area contributed by atoms with Crippen LogP contribution < -0.4 is 0 Å². The quantitative estimate of drug-likeness (QED) is 0.424. The molecule has 1 aliphatic heterocycles. The van der Waals surface area contributed by atoms with Gasteiger partial charge in [0.15, 0.2) is 0 Å². The lowest BCUT2D eigenvalue weighted by molar-refractivity contribution is 0.324. The minimum Gasteiger partial charge on any atom is -0.366 e. The minimum atomic E-state index is 0.159. The Labute approximate surface area is 63.1 Å². The van der Waals surface area contributed by atoms with Crippen LogP contribution in [0.15, 0.2) is 11.6 Å². The van der Waals surface area contributed by atoms with Crippen LogP contribution in [0, 0.1) is 0 Å². The summed E-state index contributed by atoms with van der Waals surface area (Å²) in [5, 5.41) is 0. The largest absolute Gasteiger partial charge is 0.366 e. The second-order valence-corrected chi connectivity index (χ2v) is 3.73. The SMILES string of the molecule is CC(C)=CCC1OC1(C)C. The van der Waals surface area contributed by atoms with Crippen LogP contribution in [-0.4, -0.2) is 11.7 Å². The highest BCUT2D eigenvalue weighted by molar-refractivity contribution is 5.03. The molecule has 0 aromatic carbocycles. The van der Waals surface area contributed by atoms with Crippen molar-refractivity contribution in [3.63, 3.8) is 0 Å². The Hall–Kier alpha value is -0.300. The first-order chi connectivity index (χ1) is 4.52. The normalized spacial score (nSPS) is 27.8. The second kappa shape index (κ2) is 2.39. The summed E-state index contributed by atoms with van der Waals surface area (Å²) < 4.78 is 5.41. The summed E-state index contributed by atoms with van der Waals surface area (Å²) in [7, 11) is 0. The number of epoxide rings is 1. The summed E-state index contributed by atoms with van der Waals surface area (Å²) in [5.74, 6) is 0. The highest BCUT2D eigenvalue weighted by Crippen LogP contribution is 2.37. The average molecular weight is 140 g/mol. The van der Waals surface area contributed by atoms with E-state index in [9.17, 15) is 0 Å². The molecule has 1 heterocycles. The van der Waals surface area contributed by atoms with E-state index in [1.54, 1.807) is 0 Å². The summed E-state index contributed by atoms with van der Waals surface area (Å²) in [5.41, 5.74) is 1.54. The molecule has 0 aromatic heterocycles. The predicted octanol–water partition coefficient (Wildman–Crippen LogP) is 2.52. The van der Waals surface area contributed by atoms with Crippen molar-refractivity contribution in [2.45, 2.75) is 45.8 Å². The van der Waals surface area contributed by atoms with Crippen molar-refractivity contribution < 1.29 is 4.74 Å². The lowest BCUT2D eigenvalue weighted by atomic mass is 10.1. The molecule has 1 aliphatic rings. The Morgan fingerprint density at radius 1 is 1.50 bits per heavy atom. The van der Waals surface area contributed by atoms with E-state index < -0.39 is 0 Å². The van der Waals surface area contributed by atoms with Crippen molar-refractivity contribution in [2.75, 3.05) is 0 Å². The van der Waals surface area contributed by atoms with Crippen molar-refractivity contribution in [1.29, 1.82) is 0 Å². The van der Waals surface area contributed by atoms with Crippen LogP contribution in [0.5, 0.6) is 0 Å². The zero-order valence-corrected chi connectivity index (χ0v) is 7.27. The molecule has 1 nitrogen and oxygen atoms in total. The third kappa shape index (κ3) is 1.84. The number of rotatable bonds is 2. The fourth-order valence-corrected chi connectivity index (χ4v) is 1.01. The van der Waals surface area contributed by atoms with E-state index in [-0.39, 0.29) is 5.60 Å². The lowest BCUT2D eigenvalue weighted by Gasteiger charge is -1.92. The van der Waals surface area contributed by atoms with Crippen LogP contribution in [-0.2, 0) is 4.74 Å². The molecule has 0 spiro atoms.